The topological polar surface area (TPSA) is 93.2 Å². The van der Waals surface area contributed by atoms with Gasteiger partial charge in [-0.25, -0.2) is 0 Å². The zero-order valence-corrected chi connectivity index (χ0v) is 25.1. The van der Waals surface area contributed by atoms with Gasteiger partial charge in [0.05, 0.1) is 22.3 Å². The maximum absolute atomic E-state index is 13.0. The van der Waals surface area contributed by atoms with Gasteiger partial charge in [-0.1, -0.05) is 12.1 Å². The number of nitrogens with zero attached hydrogens (tertiary/aromatic N) is 2. The number of rotatable bonds is 8. The Morgan fingerprint density at radius 1 is 0.590 bits per heavy atom. The number of fused-ring (bicyclic) bond motifs is 2. The van der Waals surface area contributed by atoms with E-state index in [2.05, 4.69) is 0 Å². The van der Waals surface area contributed by atoms with Crippen LogP contribution in [-0.4, -0.2) is 67.3 Å². The molecule has 0 radical (unpaired) electrons. The first kappa shape index (κ1) is 28.9. The Morgan fingerprint density at radius 2 is 0.923 bits per heavy atom. The molecule has 0 aromatic heterocycles. The summed E-state index contributed by atoms with van der Waals surface area (Å²) in [6.45, 7) is 11.1. The summed E-state index contributed by atoms with van der Waals surface area (Å²) in [5.41, 5.74) is 2.46. The van der Waals surface area contributed by atoms with Gasteiger partial charge >= 0.3 is 8.56 Å². The summed E-state index contributed by atoms with van der Waals surface area (Å²) in [4.78, 5) is 54.2. The molecule has 0 atom stereocenters. The van der Waals surface area contributed by atoms with Crippen molar-refractivity contribution < 1.29 is 28.0 Å². The molecule has 0 spiro atoms. The Bertz CT molecular complexity index is 1250. The van der Waals surface area contributed by atoms with Gasteiger partial charge in [0.15, 0.2) is 0 Å². The SMILES string of the molecule is CO[Si](CCc1ccc2c(c1)C(=O)N(C(C)(C)C)C2=O)(CCc1ccc2c(c1)C(=O)N(C(C)(C)C)C2=O)OC. The summed E-state index contributed by atoms with van der Waals surface area (Å²) >= 11 is 0. The molecule has 0 saturated carbocycles. The lowest BCUT2D eigenvalue weighted by Crippen LogP contribution is -2.45. The standard InChI is InChI=1S/C30H38N2O6Si/c1-29(2,3)31-25(33)21-11-9-19(17-23(21)27(31)35)13-15-39(37-7,38-8)16-14-20-10-12-22-24(18-20)28(36)32(26(22)34)30(4,5)6/h9-12,17-18H,13-16H2,1-8H3. The predicted molar refractivity (Wildman–Crippen MR) is 150 cm³/mol. The minimum Gasteiger partial charge on any atom is -0.398 e. The Kier molecular flexibility index (Phi) is 7.48. The zero-order chi connectivity index (χ0) is 28.9. The van der Waals surface area contributed by atoms with Crippen LogP contribution in [-0.2, 0) is 21.7 Å². The van der Waals surface area contributed by atoms with Crippen LogP contribution in [0.3, 0.4) is 0 Å². The Morgan fingerprint density at radius 3 is 1.23 bits per heavy atom. The normalized spacial score (nSPS) is 15.9. The molecule has 0 aliphatic carbocycles. The Labute approximate surface area is 231 Å². The second-order valence-electron chi connectivity index (χ2n) is 12.3. The van der Waals surface area contributed by atoms with Crippen molar-refractivity contribution in [2.75, 3.05) is 14.2 Å². The van der Waals surface area contributed by atoms with E-state index in [-0.39, 0.29) is 23.6 Å². The van der Waals surface area contributed by atoms with E-state index in [0.717, 1.165) is 11.1 Å². The summed E-state index contributed by atoms with van der Waals surface area (Å²) in [5.74, 6) is -1.04. The highest BCUT2D eigenvalue weighted by Crippen LogP contribution is 2.33. The van der Waals surface area contributed by atoms with E-state index in [0.29, 0.717) is 47.2 Å². The van der Waals surface area contributed by atoms with Crippen molar-refractivity contribution in [1.82, 2.24) is 9.80 Å². The van der Waals surface area contributed by atoms with Crippen LogP contribution in [0.5, 0.6) is 0 Å². The molecular weight excluding hydrogens is 512 g/mol. The van der Waals surface area contributed by atoms with E-state index in [4.69, 9.17) is 8.85 Å². The number of hydrogen-bond donors (Lipinski definition) is 0. The highest BCUT2D eigenvalue weighted by molar-refractivity contribution is 6.67. The summed E-state index contributed by atoms with van der Waals surface area (Å²) in [6, 6.07) is 12.2. The number of benzene rings is 2. The highest BCUT2D eigenvalue weighted by atomic mass is 28.4. The van der Waals surface area contributed by atoms with Gasteiger partial charge in [-0.15, -0.1) is 0 Å². The number of carbonyl (C=O) groups excluding carboxylic acids is 4. The lowest BCUT2D eigenvalue weighted by molar-refractivity contribution is 0.0489. The second-order valence-corrected chi connectivity index (χ2v) is 15.9. The van der Waals surface area contributed by atoms with E-state index in [9.17, 15) is 19.2 Å². The molecule has 2 aliphatic heterocycles. The van der Waals surface area contributed by atoms with Crippen LogP contribution in [0, 0.1) is 0 Å². The monoisotopic (exact) mass is 550 g/mol. The third-order valence-corrected chi connectivity index (χ3v) is 11.1. The lowest BCUT2D eigenvalue weighted by Gasteiger charge is -2.29. The molecule has 2 aliphatic rings. The van der Waals surface area contributed by atoms with Gasteiger partial charge in [-0.2, -0.15) is 0 Å². The molecule has 2 aromatic rings. The lowest BCUT2D eigenvalue weighted by atomic mass is 10.0. The van der Waals surface area contributed by atoms with Gasteiger partial charge in [0.25, 0.3) is 23.6 Å². The summed E-state index contributed by atoms with van der Waals surface area (Å²) in [5, 5.41) is 0. The van der Waals surface area contributed by atoms with Crippen LogP contribution in [0.1, 0.15) is 94.1 Å². The molecule has 0 N–H and O–H groups in total. The minimum absolute atomic E-state index is 0.258. The van der Waals surface area contributed by atoms with Crippen molar-refractivity contribution in [3.05, 3.63) is 69.8 Å². The molecule has 0 saturated heterocycles. The molecule has 4 rings (SSSR count). The highest BCUT2D eigenvalue weighted by Gasteiger charge is 2.43. The van der Waals surface area contributed by atoms with Crippen LogP contribution in [0.2, 0.25) is 12.1 Å². The maximum atomic E-state index is 13.0. The molecule has 0 bridgehead atoms. The number of hydrogen-bond acceptors (Lipinski definition) is 6. The van der Waals surface area contributed by atoms with E-state index in [1.165, 1.54) is 9.80 Å². The smallest absolute Gasteiger partial charge is 0.338 e. The Balaban J connectivity index is 1.47. The van der Waals surface area contributed by atoms with Gasteiger partial charge in [-0.3, -0.25) is 29.0 Å². The first-order valence-corrected chi connectivity index (χ1v) is 15.5. The quantitative estimate of drug-likeness (QED) is 0.339. The predicted octanol–water partition coefficient (Wildman–Crippen LogP) is 5.00. The van der Waals surface area contributed by atoms with Crippen molar-refractivity contribution >= 4 is 32.2 Å². The number of aryl methyl sites for hydroxylation is 2. The number of imide groups is 2. The third-order valence-electron chi connectivity index (χ3n) is 7.58. The van der Waals surface area contributed by atoms with E-state index in [1.54, 1.807) is 26.4 Å². The van der Waals surface area contributed by atoms with Gasteiger partial charge < -0.3 is 8.85 Å². The molecule has 9 heteroatoms. The van der Waals surface area contributed by atoms with Crippen molar-refractivity contribution in [2.45, 2.75) is 77.6 Å². The van der Waals surface area contributed by atoms with Crippen molar-refractivity contribution in [3.63, 3.8) is 0 Å². The van der Waals surface area contributed by atoms with Crippen LogP contribution in [0.15, 0.2) is 36.4 Å². The van der Waals surface area contributed by atoms with Crippen molar-refractivity contribution in [2.24, 2.45) is 0 Å². The second kappa shape index (κ2) is 10.1. The molecule has 2 heterocycles. The molecule has 2 aromatic carbocycles. The van der Waals surface area contributed by atoms with Crippen LogP contribution < -0.4 is 0 Å². The first-order valence-electron chi connectivity index (χ1n) is 13.3. The fraction of sp³-hybridized carbons (Fsp3) is 0.467. The van der Waals surface area contributed by atoms with Gasteiger partial charge in [-0.05, 0) is 102 Å². The van der Waals surface area contributed by atoms with E-state index in [1.807, 2.05) is 65.8 Å². The minimum atomic E-state index is -2.63. The fourth-order valence-corrected chi connectivity index (χ4v) is 7.96. The molecular formula is C30H38N2O6Si. The van der Waals surface area contributed by atoms with Crippen LogP contribution >= 0.6 is 0 Å². The zero-order valence-electron chi connectivity index (χ0n) is 24.1. The van der Waals surface area contributed by atoms with E-state index >= 15 is 0 Å². The van der Waals surface area contributed by atoms with Crippen LogP contribution in [0.25, 0.3) is 0 Å². The number of carbonyl (C=O) groups is 4. The largest absolute Gasteiger partial charge is 0.398 e. The molecule has 0 fully saturated rings. The Hall–Kier alpha value is -3.14. The van der Waals surface area contributed by atoms with Gasteiger partial charge in [0, 0.05) is 25.3 Å². The molecule has 8 nitrogen and oxygen atoms in total. The summed E-state index contributed by atoms with van der Waals surface area (Å²) in [7, 11) is 0.689. The van der Waals surface area contributed by atoms with Crippen molar-refractivity contribution in [1.29, 1.82) is 0 Å². The first-order chi connectivity index (χ1) is 18.1. The van der Waals surface area contributed by atoms with Gasteiger partial charge in [0.2, 0.25) is 0 Å². The molecule has 208 valence electrons. The van der Waals surface area contributed by atoms with Crippen molar-refractivity contribution in [3.8, 4) is 0 Å². The molecule has 0 unspecified atom stereocenters. The fourth-order valence-electron chi connectivity index (χ4n) is 5.39. The third kappa shape index (κ3) is 5.23. The maximum Gasteiger partial charge on any atom is 0.338 e. The average molecular weight is 551 g/mol. The number of amides is 4. The average Bonchev–Trinajstić information content (AvgIpc) is 3.28. The summed E-state index contributed by atoms with van der Waals surface area (Å²) < 4.78 is 11.9. The summed E-state index contributed by atoms with van der Waals surface area (Å²) in [6.07, 6.45) is 1.27. The molecule has 4 amide bonds. The van der Waals surface area contributed by atoms with Crippen LogP contribution in [0.4, 0.5) is 0 Å². The molecule has 39 heavy (non-hydrogen) atoms. The van der Waals surface area contributed by atoms with Gasteiger partial charge in [0.1, 0.15) is 0 Å². The van der Waals surface area contributed by atoms with E-state index < -0.39 is 19.6 Å².